The normalized spacial score (nSPS) is 19.8. The topological polar surface area (TPSA) is 58.2 Å². The second-order valence-electron chi connectivity index (χ2n) is 4.62. The Kier molecular flexibility index (Phi) is 4.94. The molecule has 1 atom stereocenters. The molecule has 1 fully saturated rings. The minimum absolute atomic E-state index is 0.0680. The summed E-state index contributed by atoms with van der Waals surface area (Å²) in [4.78, 5) is 0.0680. The predicted molar refractivity (Wildman–Crippen MR) is 74.9 cm³/mol. The van der Waals surface area contributed by atoms with E-state index in [1.807, 2.05) is 0 Å². The molecule has 1 aliphatic rings. The Labute approximate surface area is 121 Å². The number of benzene rings is 1. The number of hydrogen-bond acceptors (Lipinski definition) is 3. The minimum Gasteiger partial charge on any atom is -0.316 e. The Hall–Kier alpha value is -0.500. The van der Waals surface area contributed by atoms with Crippen LogP contribution in [0.1, 0.15) is 12.8 Å². The van der Waals surface area contributed by atoms with Crippen molar-refractivity contribution in [1.29, 1.82) is 0 Å². The summed E-state index contributed by atoms with van der Waals surface area (Å²) >= 11 is 3.07. The molecule has 1 heterocycles. The summed E-state index contributed by atoms with van der Waals surface area (Å²) < 4.78 is 39.9. The lowest BCUT2D eigenvalue weighted by molar-refractivity contribution is 0.519. The highest BCUT2D eigenvalue weighted by molar-refractivity contribution is 9.10. The highest BCUT2D eigenvalue weighted by Crippen LogP contribution is 2.22. The third kappa shape index (κ3) is 3.98. The molecule has 2 rings (SSSR count). The largest absolute Gasteiger partial charge is 0.316 e. The van der Waals surface area contributed by atoms with Gasteiger partial charge in [-0.1, -0.05) is 0 Å². The van der Waals surface area contributed by atoms with Crippen LogP contribution in [0.5, 0.6) is 0 Å². The summed E-state index contributed by atoms with van der Waals surface area (Å²) in [6.07, 6.45) is 1.90. The van der Waals surface area contributed by atoms with Crippen LogP contribution in [-0.4, -0.2) is 28.1 Å². The molecular weight excluding hydrogens is 335 g/mol. The molecule has 0 bridgehead atoms. The first-order valence-corrected chi connectivity index (χ1v) is 8.42. The van der Waals surface area contributed by atoms with Crippen LogP contribution in [0.4, 0.5) is 4.39 Å². The van der Waals surface area contributed by atoms with E-state index in [1.165, 1.54) is 6.07 Å². The number of halogens is 2. The second-order valence-corrected chi connectivity index (χ2v) is 7.21. The average Bonchev–Trinajstić information content (AvgIpc) is 2.81. The summed E-state index contributed by atoms with van der Waals surface area (Å²) in [7, 11) is -3.58. The number of hydrogen-bond donors (Lipinski definition) is 2. The van der Waals surface area contributed by atoms with Crippen molar-refractivity contribution in [2.75, 3.05) is 19.6 Å². The third-order valence-electron chi connectivity index (χ3n) is 3.19. The smallest absolute Gasteiger partial charge is 0.241 e. The maximum absolute atomic E-state index is 12.9. The van der Waals surface area contributed by atoms with Crippen molar-refractivity contribution in [3.05, 3.63) is 28.5 Å². The molecule has 19 heavy (non-hydrogen) atoms. The Bertz CT molecular complexity index is 545. The van der Waals surface area contributed by atoms with E-state index in [0.717, 1.165) is 38.1 Å². The molecule has 1 aliphatic heterocycles. The van der Waals surface area contributed by atoms with Crippen LogP contribution in [0.3, 0.4) is 0 Å². The van der Waals surface area contributed by atoms with Gasteiger partial charge < -0.3 is 5.32 Å². The van der Waals surface area contributed by atoms with E-state index in [1.54, 1.807) is 0 Å². The molecule has 0 amide bonds. The average molecular weight is 351 g/mol. The van der Waals surface area contributed by atoms with Gasteiger partial charge in [-0.2, -0.15) is 0 Å². The molecule has 1 saturated heterocycles. The third-order valence-corrected chi connectivity index (χ3v) is 5.63. The van der Waals surface area contributed by atoms with Crippen molar-refractivity contribution >= 4 is 26.0 Å². The standard InChI is InChI=1S/C12H16BrFN2O2S/c13-11-7-10(14)1-2-12(11)19(17,18)16-6-4-9-3-5-15-8-9/h1-2,7,9,15-16H,3-6,8H2/t9-/m1/s1. The van der Waals surface area contributed by atoms with Gasteiger partial charge >= 0.3 is 0 Å². The number of rotatable bonds is 5. The lowest BCUT2D eigenvalue weighted by atomic mass is 10.1. The minimum atomic E-state index is -3.58. The maximum Gasteiger partial charge on any atom is 0.241 e. The van der Waals surface area contributed by atoms with Gasteiger partial charge in [-0.25, -0.2) is 17.5 Å². The Morgan fingerprint density at radius 1 is 1.47 bits per heavy atom. The van der Waals surface area contributed by atoms with Crippen molar-refractivity contribution in [3.8, 4) is 0 Å². The van der Waals surface area contributed by atoms with Gasteiger partial charge in [0.15, 0.2) is 0 Å². The van der Waals surface area contributed by atoms with Crippen LogP contribution >= 0.6 is 15.9 Å². The summed E-state index contributed by atoms with van der Waals surface area (Å²) in [6.45, 7) is 2.35. The summed E-state index contributed by atoms with van der Waals surface area (Å²) in [5, 5.41) is 3.24. The van der Waals surface area contributed by atoms with Crippen LogP contribution in [0, 0.1) is 11.7 Å². The van der Waals surface area contributed by atoms with Gasteiger partial charge in [-0.3, -0.25) is 0 Å². The van der Waals surface area contributed by atoms with E-state index < -0.39 is 15.8 Å². The summed E-state index contributed by atoms with van der Waals surface area (Å²) in [5.74, 6) is 0.0576. The van der Waals surface area contributed by atoms with Gasteiger partial charge in [0.05, 0.1) is 4.90 Å². The maximum atomic E-state index is 12.9. The van der Waals surface area contributed by atoms with Crippen molar-refractivity contribution in [3.63, 3.8) is 0 Å². The quantitative estimate of drug-likeness (QED) is 0.852. The zero-order chi connectivity index (χ0) is 13.9. The monoisotopic (exact) mass is 350 g/mol. The van der Waals surface area contributed by atoms with Crippen LogP contribution in [0.2, 0.25) is 0 Å². The van der Waals surface area contributed by atoms with E-state index in [-0.39, 0.29) is 9.37 Å². The molecule has 7 heteroatoms. The zero-order valence-corrected chi connectivity index (χ0v) is 12.7. The highest BCUT2D eigenvalue weighted by Gasteiger charge is 2.19. The molecule has 4 nitrogen and oxygen atoms in total. The number of sulfonamides is 1. The Balaban J connectivity index is 1.97. The molecule has 1 aromatic carbocycles. The molecule has 106 valence electrons. The van der Waals surface area contributed by atoms with Gasteiger partial charge in [-0.05, 0) is 66.0 Å². The molecule has 2 N–H and O–H groups in total. The first kappa shape index (κ1) is 14.9. The van der Waals surface area contributed by atoms with Crippen molar-refractivity contribution in [2.24, 2.45) is 5.92 Å². The van der Waals surface area contributed by atoms with E-state index in [4.69, 9.17) is 0 Å². The fourth-order valence-electron chi connectivity index (χ4n) is 2.13. The van der Waals surface area contributed by atoms with E-state index >= 15 is 0 Å². The van der Waals surface area contributed by atoms with Crippen LogP contribution in [0.15, 0.2) is 27.6 Å². The first-order chi connectivity index (χ1) is 8.99. The molecule has 0 unspecified atom stereocenters. The van der Waals surface area contributed by atoms with E-state index in [0.29, 0.717) is 12.5 Å². The van der Waals surface area contributed by atoms with Crippen molar-refractivity contribution in [1.82, 2.24) is 10.0 Å². The van der Waals surface area contributed by atoms with Gasteiger partial charge in [0, 0.05) is 11.0 Å². The summed E-state index contributed by atoms with van der Waals surface area (Å²) in [6, 6.07) is 3.55. The van der Waals surface area contributed by atoms with Gasteiger partial charge in [0.2, 0.25) is 10.0 Å². The summed E-state index contributed by atoms with van der Waals surface area (Å²) in [5.41, 5.74) is 0. The Morgan fingerprint density at radius 2 is 2.26 bits per heavy atom. The van der Waals surface area contributed by atoms with Gasteiger partial charge in [-0.15, -0.1) is 0 Å². The van der Waals surface area contributed by atoms with E-state index in [2.05, 4.69) is 26.0 Å². The molecule has 0 saturated carbocycles. The van der Waals surface area contributed by atoms with E-state index in [9.17, 15) is 12.8 Å². The first-order valence-electron chi connectivity index (χ1n) is 6.14. The predicted octanol–water partition coefficient (Wildman–Crippen LogP) is 1.87. The van der Waals surface area contributed by atoms with Crippen LogP contribution < -0.4 is 10.0 Å². The van der Waals surface area contributed by atoms with Gasteiger partial charge in [0.25, 0.3) is 0 Å². The molecule has 0 radical (unpaired) electrons. The fourth-order valence-corrected chi connectivity index (χ4v) is 4.22. The molecule has 0 aliphatic carbocycles. The molecule has 0 spiro atoms. The van der Waals surface area contributed by atoms with Crippen molar-refractivity contribution < 1.29 is 12.8 Å². The van der Waals surface area contributed by atoms with Gasteiger partial charge in [0.1, 0.15) is 5.82 Å². The fraction of sp³-hybridized carbons (Fsp3) is 0.500. The van der Waals surface area contributed by atoms with Crippen molar-refractivity contribution in [2.45, 2.75) is 17.7 Å². The Morgan fingerprint density at radius 3 is 2.89 bits per heavy atom. The SMILES string of the molecule is O=S(=O)(NCC[C@H]1CCNC1)c1ccc(F)cc1Br. The molecular formula is C12H16BrFN2O2S. The van der Waals surface area contributed by atoms with Crippen LogP contribution in [0.25, 0.3) is 0 Å². The van der Waals surface area contributed by atoms with Crippen LogP contribution in [-0.2, 0) is 10.0 Å². The lowest BCUT2D eigenvalue weighted by Gasteiger charge is -2.11. The highest BCUT2D eigenvalue weighted by atomic mass is 79.9. The number of nitrogens with one attached hydrogen (secondary N) is 2. The second kappa shape index (κ2) is 6.30. The molecule has 1 aromatic rings. The zero-order valence-electron chi connectivity index (χ0n) is 10.3. The lowest BCUT2D eigenvalue weighted by Crippen LogP contribution is -2.27. The molecule has 0 aromatic heterocycles.